The fourth-order valence-electron chi connectivity index (χ4n) is 2.83. The molecule has 3 aromatic rings. The lowest BCUT2D eigenvalue weighted by molar-refractivity contribution is 0.613. The number of hydrogen-bond acceptors (Lipinski definition) is 5. The summed E-state index contributed by atoms with van der Waals surface area (Å²) in [4.78, 5) is 9.59. The summed E-state index contributed by atoms with van der Waals surface area (Å²) in [5.41, 5.74) is 1.47. The normalized spacial score (nSPS) is 16.6. The highest BCUT2D eigenvalue weighted by molar-refractivity contribution is 7.20. The number of halogens is 1. The Bertz CT molecular complexity index is 951. The second kappa shape index (κ2) is 7.18. The molecular weight excluding hydrogens is 335 g/mol. The highest BCUT2D eigenvalue weighted by atomic mass is 32.1. The van der Waals surface area contributed by atoms with E-state index in [1.54, 1.807) is 23.5 Å². The van der Waals surface area contributed by atoms with Gasteiger partial charge in [-0.1, -0.05) is 30.0 Å². The number of nitrogens with one attached hydrogen (secondary N) is 2. The first-order valence-corrected chi connectivity index (χ1v) is 9.08. The molecule has 1 aliphatic heterocycles. The van der Waals surface area contributed by atoms with Gasteiger partial charge in [-0.25, -0.2) is 14.4 Å². The van der Waals surface area contributed by atoms with Crippen LogP contribution in [0.1, 0.15) is 23.3 Å². The Labute approximate surface area is 149 Å². The third-order valence-corrected chi connectivity index (χ3v) is 5.19. The Morgan fingerprint density at radius 2 is 2.24 bits per heavy atom. The number of aromatic nitrogens is 2. The van der Waals surface area contributed by atoms with Gasteiger partial charge in [0.1, 0.15) is 18.0 Å². The number of anilines is 1. The topological polar surface area (TPSA) is 49.8 Å². The van der Waals surface area contributed by atoms with Crippen LogP contribution in [0.4, 0.5) is 10.2 Å². The minimum Gasteiger partial charge on any atom is -0.365 e. The van der Waals surface area contributed by atoms with Gasteiger partial charge >= 0.3 is 0 Å². The van der Waals surface area contributed by atoms with E-state index in [4.69, 9.17) is 0 Å². The van der Waals surface area contributed by atoms with E-state index in [-0.39, 0.29) is 11.9 Å². The zero-order chi connectivity index (χ0) is 17.1. The van der Waals surface area contributed by atoms with Crippen LogP contribution in [0.15, 0.2) is 36.7 Å². The van der Waals surface area contributed by atoms with Gasteiger partial charge in [-0.2, -0.15) is 0 Å². The van der Waals surface area contributed by atoms with Gasteiger partial charge in [0.2, 0.25) is 0 Å². The van der Waals surface area contributed by atoms with E-state index in [9.17, 15) is 4.39 Å². The maximum absolute atomic E-state index is 13.8. The lowest BCUT2D eigenvalue weighted by atomic mass is 10.2. The number of benzene rings is 1. The summed E-state index contributed by atoms with van der Waals surface area (Å²) in [6.45, 7) is 1.42. The highest BCUT2D eigenvalue weighted by Gasteiger charge is 2.11. The molecule has 0 unspecified atom stereocenters. The summed E-state index contributed by atoms with van der Waals surface area (Å²) < 4.78 is 14.7. The zero-order valence-corrected chi connectivity index (χ0v) is 14.4. The lowest BCUT2D eigenvalue weighted by Gasteiger charge is -2.06. The van der Waals surface area contributed by atoms with Crippen molar-refractivity contribution in [2.75, 3.05) is 11.9 Å². The number of fused-ring (bicyclic) bond motifs is 1. The van der Waals surface area contributed by atoms with E-state index < -0.39 is 0 Å². The molecule has 0 saturated carbocycles. The van der Waals surface area contributed by atoms with E-state index in [0.717, 1.165) is 28.1 Å². The molecule has 1 aromatic carbocycles. The van der Waals surface area contributed by atoms with Crippen molar-refractivity contribution in [2.45, 2.75) is 25.4 Å². The van der Waals surface area contributed by atoms with E-state index in [2.05, 4.69) is 32.4 Å². The Kier molecular flexibility index (Phi) is 4.59. The second-order valence-corrected chi connectivity index (χ2v) is 6.96. The molecule has 1 aliphatic rings. The van der Waals surface area contributed by atoms with E-state index in [1.807, 2.05) is 12.1 Å². The lowest BCUT2D eigenvalue weighted by Crippen LogP contribution is -2.18. The monoisotopic (exact) mass is 352 g/mol. The summed E-state index contributed by atoms with van der Waals surface area (Å²) in [5, 5.41) is 6.59. The predicted molar refractivity (Wildman–Crippen MR) is 99.0 cm³/mol. The van der Waals surface area contributed by atoms with Gasteiger partial charge < -0.3 is 10.6 Å². The van der Waals surface area contributed by atoms with Gasteiger partial charge in [0.05, 0.1) is 21.1 Å². The van der Waals surface area contributed by atoms with Crippen molar-refractivity contribution in [3.8, 4) is 11.8 Å². The molecule has 0 spiro atoms. The molecule has 3 heterocycles. The van der Waals surface area contributed by atoms with Crippen molar-refractivity contribution >= 4 is 27.4 Å². The zero-order valence-electron chi connectivity index (χ0n) is 13.6. The standard InChI is InChI=1S/C19H17FN4S/c20-16-6-2-1-4-13(16)11-22-19-18-17(23-12-24-19)10-15(25-18)8-7-14-5-3-9-21-14/h1-2,4,6,10,12,14,21H,3,5,9,11H2,(H,22,23,24)/t14-/m1/s1. The maximum atomic E-state index is 13.8. The average Bonchev–Trinajstić information content (AvgIpc) is 3.28. The average molecular weight is 352 g/mol. The Morgan fingerprint density at radius 1 is 1.32 bits per heavy atom. The van der Waals surface area contributed by atoms with Gasteiger partial charge in [0, 0.05) is 12.1 Å². The summed E-state index contributed by atoms with van der Waals surface area (Å²) in [6, 6.07) is 9.01. The molecule has 4 rings (SSSR count). The number of nitrogens with zero attached hydrogens (tertiary/aromatic N) is 2. The summed E-state index contributed by atoms with van der Waals surface area (Å²) in [6.07, 6.45) is 3.81. The molecule has 1 fully saturated rings. The number of rotatable bonds is 3. The maximum Gasteiger partial charge on any atom is 0.147 e. The quantitative estimate of drug-likeness (QED) is 0.708. The van der Waals surface area contributed by atoms with Crippen molar-refractivity contribution in [3.05, 3.63) is 52.9 Å². The first-order chi connectivity index (χ1) is 12.3. The van der Waals surface area contributed by atoms with Gasteiger partial charge in [-0.05, 0) is 31.5 Å². The van der Waals surface area contributed by atoms with Gasteiger partial charge in [0.25, 0.3) is 0 Å². The largest absolute Gasteiger partial charge is 0.365 e. The predicted octanol–water partition coefficient (Wildman–Crippen LogP) is 3.55. The molecule has 2 N–H and O–H groups in total. The van der Waals surface area contributed by atoms with Crippen LogP contribution in [-0.2, 0) is 6.54 Å². The number of thiophene rings is 1. The third kappa shape index (κ3) is 3.63. The van der Waals surface area contributed by atoms with Crippen LogP contribution < -0.4 is 10.6 Å². The van der Waals surface area contributed by atoms with Crippen LogP contribution in [0.25, 0.3) is 10.2 Å². The summed E-state index contributed by atoms with van der Waals surface area (Å²) in [7, 11) is 0. The van der Waals surface area contributed by atoms with Crippen LogP contribution >= 0.6 is 11.3 Å². The van der Waals surface area contributed by atoms with Crippen LogP contribution in [0.3, 0.4) is 0 Å². The molecule has 126 valence electrons. The van der Waals surface area contributed by atoms with Crippen molar-refractivity contribution in [3.63, 3.8) is 0 Å². The first kappa shape index (κ1) is 16.0. The summed E-state index contributed by atoms with van der Waals surface area (Å²) >= 11 is 1.56. The Balaban J connectivity index is 1.56. The fourth-order valence-corrected chi connectivity index (χ4v) is 3.77. The van der Waals surface area contributed by atoms with E-state index in [1.165, 1.54) is 18.8 Å². The van der Waals surface area contributed by atoms with Crippen LogP contribution in [0.5, 0.6) is 0 Å². The van der Waals surface area contributed by atoms with Crippen molar-refractivity contribution < 1.29 is 4.39 Å². The molecule has 0 radical (unpaired) electrons. The van der Waals surface area contributed by atoms with Crippen LogP contribution in [0.2, 0.25) is 0 Å². The minimum atomic E-state index is -0.220. The van der Waals surface area contributed by atoms with Gasteiger partial charge in [-0.15, -0.1) is 11.3 Å². The molecule has 0 amide bonds. The number of hydrogen-bond donors (Lipinski definition) is 2. The second-order valence-electron chi connectivity index (χ2n) is 5.91. The van der Waals surface area contributed by atoms with E-state index >= 15 is 0 Å². The third-order valence-electron chi connectivity index (χ3n) is 4.15. The molecule has 1 atom stereocenters. The van der Waals surface area contributed by atoms with Crippen molar-refractivity contribution in [2.24, 2.45) is 0 Å². The molecule has 4 nitrogen and oxygen atoms in total. The highest BCUT2D eigenvalue weighted by Crippen LogP contribution is 2.29. The first-order valence-electron chi connectivity index (χ1n) is 8.26. The van der Waals surface area contributed by atoms with E-state index in [0.29, 0.717) is 17.9 Å². The molecular formula is C19H17FN4S. The summed E-state index contributed by atoms with van der Waals surface area (Å²) in [5.74, 6) is 7.00. The van der Waals surface area contributed by atoms with Crippen molar-refractivity contribution in [1.82, 2.24) is 15.3 Å². The molecule has 25 heavy (non-hydrogen) atoms. The minimum absolute atomic E-state index is 0.220. The van der Waals surface area contributed by atoms with Gasteiger partial charge in [-0.3, -0.25) is 0 Å². The smallest absolute Gasteiger partial charge is 0.147 e. The Hall–Kier alpha value is -2.49. The van der Waals surface area contributed by atoms with Crippen LogP contribution in [-0.4, -0.2) is 22.6 Å². The molecule has 2 aromatic heterocycles. The molecule has 0 bridgehead atoms. The van der Waals surface area contributed by atoms with Gasteiger partial charge in [0.15, 0.2) is 0 Å². The molecule has 6 heteroatoms. The Morgan fingerprint density at radius 3 is 3.08 bits per heavy atom. The van der Waals surface area contributed by atoms with Crippen LogP contribution in [0, 0.1) is 17.7 Å². The fraction of sp³-hybridized carbons (Fsp3) is 0.263. The molecule has 1 saturated heterocycles. The molecule has 0 aliphatic carbocycles. The van der Waals surface area contributed by atoms with Crippen molar-refractivity contribution in [1.29, 1.82) is 0 Å². The SMILES string of the molecule is Fc1ccccc1CNc1ncnc2cc(C#C[C@H]3CCCN3)sc12.